The third kappa shape index (κ3) is 2.30. The summed E-state index contributed by atoms with van der Waals surface area (Å²) in [4.78, 5) is 0. The fourth-order valence-electron chi connectivity index (χ4n) is 2.09. The van der Waals surface area contributed by atoms with Gasteiger partial charge in [0.15, 0.2) is 0 Å². The lowest BCUT2D eigenvalue weighted by Crippen LogP contribution is -2.33. The van der Waals surface area contributed by atoms with Gasteiger partial charge in [-0.25, -0.2) is 0 Å². The first kappa shape index (κ1) is 12.8. The molecule has 20 heavy (non-hydrogen) atoms. The highest BCUT2D eigenvalue weighted by Crippen LogP contribution is 2.30. The van der Waals surface area contributed by atoms with E-state index in [0.717, 1.165) is 12.1 Å². The summed E-state index contributed by atoms with van der Waals surface area (Å²) in [7, 11) is -0.859. The molecule has 0 saturated carbocycles. The van der Waals surface area contributed by atoms with E-state index in [-0.39, 0.29) is 0 Å². The SMILES string of the molecule is Cc1cc(B2OC3=C(C=C[C+]=C3)O2)cc(C(F)(F)F)c1. The maximum atomic E-state index is 12.8. The van der Waals surface area contributed by atoms with E-state index in [0.29, 0.717) is 22.5 Å². The number of rotatable bonds is 1. The molecule has 0 bridgehead atoms. The number of alkyl halides is 3. The normalized spacial score (nSPS) is 16.7. The van der Waals surface area contributed by atoms with Gasteiger partial charge in [0.05, 0.1) is 11.6 Å². The lowest BCUT2D eigenvalue weighted by atomic mass is 9.77. The van der Waals surface area contributed by atoms with Gasteiger partial charge in [0, 0.05) is 11.5 Å². The van der Waals surface area contributed by atoms with Crippen LogP contribution in [0.15, 0.2) is 47.9 Å². The molecule has 2 aliphatic rings. The molecule has 0 saturated heterocycles. The van der Waals surface area contributed by atoms with E-state index in [1.165, 1.54) is 0 Å². The van der Waals surface area contributed by atoms with Crippen LogP contribution in [0.25, 0.3) is 0 Å². The molecule has 1 aromatic rings. The molecule has 0 radical (unpaired) electrons. The lowest BCUT2D eigenvalue weighted by Gasteiger charge is -2.11. The molecule has 1 aliphatic carbocycles. The summed E-state index contributed by atoms with van der Waals surface area (Å²) < 4.78 is 49.4. The molecule has 0 unspecified atom stereocenters. The maximum absolute atomic E-state index is 12.8. The number of hydrogen-bond acceptors (Lipinski definition) is 2. The summed E-state index contributed by atoms with van der Waals surface area (Å²) in [5.74, 6) is 0.983. The molecule has 6 heteroatoms. The summed E-state index contributed by atoms with van der Waals surface area (Å²) in [5.41, 5.74) is 0.139. The van der Waals surface area contributed by atoms with Crippen LogP contribution in [0.3, 0.4) is 0 Å². The summed E-state index contributed by atoms with van der Waals surface area (Å²) in [6, 6.07) is 3.77. The minimum atomic E-state index is -4.39. The van der Waals surface area contributed by atoms with Gasteiger partial charge in [0.25, 0.3) is 11.5 Å². The predicted molar refractivity (Wildman–Crippen MR) is 67.7 cm³/mol. The Bertz CT molecular complexity index is 620. The summed E-state index contributed by atoms with van der Waals surface area (Å²) in [6.45, 7) is 1.61. The Morgan fingerprint density at radius 1 is 1.10 bits per heavy atom. The fourth-order valence-corrected chi connectivity index (χ4v) is 2.09. The van der Waals surface area contributed by atoms with Crippen molar-refractivity contribution < 1.29 is 22.5 Å². The third-order valence-electron chi connectivity index (χ3n) is 2.96. The van der Waals surface area contributed by atoms with Crippen molar-refractivity contribution in [1.82, 2.24) is 0 Å². The lowest BCUT2D eigenvalue weighted by molar-refractivity contribution is -0.137. The number of allylic oxidation sites excluding steroid dienone is 4. The second kappa shape index (κ2) is 4.42. The molecular formula is C14H9BF3O2+. The van der Waals surface area contributed by atoms with Gasteiger partial charge in [-0.05, 0) is 19.1 Å². The van der Waals surface area contributed by atoms with Gasteiger partial charge in [-0.3, -0.25) is 0 Å². The average molecular weight is 277 g/mol. The summed E-state index contributed by atoms with van der Waals surface area (Å²) in [6.07, 6.45) is 3.35. The van der Waals surface area contributed by atoms with Crippen LogP contribution >= 0.6 is 0 Å². The zero-order valence-corrected chi connectivity index (χ0v) is 10.5. The van der Waals surface area contributed by atoms with Crippen molar-refractivity contribution in [3.8, 4) is 0 Å². The van der Waals surface area contributed by atoms with Gasteiger partial charge >= 0.3 is 13.3 Å². The highest BCUT2D eigenvalue weighted by Gasteiger charge is 2.41. The predicted octanol–water partition coefficient (Wildman–Crippen LogP) is 2.90. The Labute approximate surface area is 114 Å². The minimum absolute atomic E-state index is 0.341. The molecule has 0 atom stereocenters. The van der Waals surface area contributed by atoms with Crippen LogP contribution in [-0.2, 0) is 15.5 Å². The average Bonchev–Trinajstić information content (AvgIpc) is 2.80. The Morgan fingerprint density at radius 2 is 1.85 bits per heavy atom. The number of aryl methyl sites for hydroxylation is 1. The van der Waals surface area contributed by atoms with Crippen molar-refractivity contribution in [2.75, 3.05) is 0 Å². The molecule has 100 valence electrons. The number of benzene rings is 1. The molecule has 0 aromatic heterocycles. The molecule has 2 nitrogen and oxygen atoms in total. The topological polar surface area (TPSA) is 18.5 Å². The van der Waals surface area contributed by atoms with E-state index in [2.05, 4.69) is 6.08 Å². The molecule has 0 amide bonds. The van der Waals surface area contributed by atoms with Crippen molar-refractivity contribution >= 4 is 12.6 Å². The van der Waals surface area contributed by atoms with Crippen molar-refractivity contribution in [2.24, 2.45) is 0 Å². The van der Waals surface area contributed by atoms with Gasteiger partial charge in [-0.15, -0.1) is 0 Å². The number of hydrogen-bond donors (Lipinski definition) is 0. The molecule has 0 N–H and O–H groups in total. The Balaban J connectivity index is 1.91. The highest BCUT2D eigenvalue weighted by atomic mass is 19.4. The zero-order valence-electron chi connectivity index (χ0n) is 10.5. The van der Waals surface area contributed by atoms with Crippen LogP contribution in [0.5, 0.6) is 0 Å². The summed E-state index contributed by atoms with van der Waals surface area (Å²) in [5, 5.41) is 0. The first-order valence-electron chi connectivity index (χ1n) is 5.96. The van der Waals surface area contributed by atoms with Gasteiger partial charge in [0.2, 0.25) is 0 Å². The molecule has 1 heterocycles. The van der Waals surface area contributed by atoms with E-state index in [1.807, 2.05) is 0 Å². The zero-order chi connectivity index (χ0) is 14.3. The minimum Gasteiger partial charge on any atom is -0.498 e. The quantitative estimate of drug-likeness (QED) is 0.580. The van der Waals surface area contributed by atoms with Gasteiger partial charge in [-0.2, -0.15) is 13.2 Å². The largest absolute Gasteiger partial charge is 0.648 e. The van der Waals surface area contributed by atoms with E-state index < -0.39 is 18.9 Å². The second-order valence-corrected chi connectivity index (χ2v) is 4.57. The Kier molecular flexibility index (Phi) is 2.84. The van der Waals surface area contributed by atoms with Gasteiger partial charge < -0.3 is 9.31 Å². The molecule has 0 spiro atoms. The van der Waals surface area contributed by atoms with Crippen molar-refractivity contribution in [1.29, 1.82) is 0 Å². The van der Waals surface area contributed by atoms with E-state index in [1.54, 1.807) is 31.2 Å². The van der Waals surface area contributed by atoms with Gasteiger partial charge in [-0.1, -0.05) is 11.6 Å². The van der Waals surface area contributed by atoms with Crippen molar-refractivity contribution in [3.05, 3.63) is 65.1 Å². The number of halogens is 3. The van der Waals surface area contributed by atoms with E-state index in [4.69, 9.17) is 9.31 Å². The van der Waals surface area contributed by atoms with Crippen LogP contribution in [0.2, 0.25) is 0 Å². The fraction of sp³-hybridized carbons (Fsp3) is 0.143. The molecule has 1 aliphatic heterocycles. The molecular weight excluding hydrogens is 268 g/mol. The monoisotopic (exact) mass is 277 g/mol. The Hall–Kier alpha value is -2.20. The molecule has 1 aromatic carbocycles. The third-order valence-corrected chi connectivity index (χ3v) is 2.96. The van der Waals surface area contributed by atoms with E-state index >= 15 is 0 Å². The van der Waals surface area contributed by atoms with Crippen LogP contribution in [-0.4, -0.2) is 7.12 Å². The van der Waals surface area contributed by atoms with Crippen molar-refractivity contribution in [2.45, 2.75) is 13.1 Å². The van der Waals surface area contributed by atoms with Crippen LogP contribution in [0.1, 0.15) is 11.1 Å². The Morgan fingerprint density at radius 3 is 2.55 bits per heavy atom. The first-order valence-corrected chi connectivity index (χ1v) is 5.96. The molecule has 0 fully saturated rings. The van der Waals surface area contributed by atoms with Crippen molar-refractivity contribution in [3.63, 3.8) is 0 Å². The standard InChI is InChI=1S/C14H9BF3O2/c1-9-6-10(14(16,17)18)8-11(7-9)15-19-12-4-2-3-5-13(12)20-15/h2,4-8H,1H3/q+1. The van der Waals surface area contributed by atoms with Crippen LogP contribution in [0.4, 0.5) is 13.2 Å². The second-order valence-electron chi connectivity index (χ2n) is 4.57. The van der Waals surface area contributed by atoms with E-state index in [9.17, 15) is 13.2 Å². The van der Waals surface area contributed by atoms with Gasteiger partial charge in [0.1, 0.15) is 12.2 Å². The van der Waals surface area contributed by atoms with Crippen LogP contribution < -0.4 is 5.46 Å². The highest BCUT2D eigenvalue weighted by molar-refractivity contribution is 6.62. The maximum Gasteiger partial charge on any atom is 0.648 e. The first-order chi connectivity index (χ1) is 9.43. The smallest absolute Gasteiger partial charge is 0.498 e. The molecule has 3 rings (SSSR count). The van der Waals surface area contributed by atoms with Crippen LogP contribution in [0, 0.1) is 13.0 Å². The summed E-state index contributed by atoms with van der Waals surface area (Å²) >= 11 is 0.